The number of hydrogen-bond donors (Lipinski definition) is 2. The average molecular weight is 410 g/mol. The number of thioether (sulfide) groups is 1. The zero-order valence-electron chi connectivity index (χ0n) is 15.4. The molecule has 0 spiro atoms. The summed E-state index contributed by atoms with van der Waals surface area (Å²) in [5.74, 6) is 1.21. The monoisotopic (exact) mass is 409 g/mol. The van der Waals surface area contributed by atoms with Gasteiger partial charge in [0.2, 0.25) is 0 Å². The number of rotatable bonds is 11. The molecule has 2 aromatic carbocycles. The van der Waals surface area contributed by atoms with E-state index in [1.165, 1.54) is 0 Å². The second-order valence-electron chi connectivity index (χ2n) is 5.95. The van der Waals surface area contributed by atoms with Crippen LogP contribution in [0, 0.1) is 0 Å². The second-order valence-corrected chi connectivity index (χ2v) is 7.38. The molecule has 2 rings (SSSR count). The highest BCUT2D eigenvalue weighted by Gasteiger charge is 2.16. The van der Waals surface area contributed by atoms with Crippen LogP contribution in [0.25, 0.3) is 0 Å². The smallest absolute Gasteiger partial charge is 0.320 e. The Morgan fingerprint density at radius 1 is 1.19 bits per heavy atom. The van der Waals surface area contributed by atoms with Crippen LogP contribution in [-0.2, 0) is 17.9 Å². The van der Waals surface area contributed by atoms with E-state index < -0.39 is 12.0 Å². The summed E-state index contributed by atoms with van der Waals surface area (Å²) >= 11 is 7.52. The summed E-state index contributed by atoms with van der Waals surface area (Å²) in [5, 5.41) is 13.1. The average Bonchev–Trinajstić information content (AvgIpc) is 2.67. The molecule has 0 aromatic heterocycles. The SMILES string of the molecule is COc1cc(CNC(CCSC)C(=O)O)ccc1OCc1ccc(Cl)cc1. The van der Waals surface area contributed by atoms with Gasteiger partial charge in [-0.05, 0) is 53.8 Å². The van der Waals surface area contributed by atoms with Crippen LogP contribution in [-0.4, -0.2) is 36.2 Å². The summed E-state index contributed by atoms with van der Waals surface area (Å²) in [6.45, 7) is 0.847. The molecule has 1 atom stereocenters. The van der Waals surface area contributed by atoms with Crippen molar-refractivity contribution < 1.29 is 19.4 Å². The molecule has 0 heterocycles. The number of carbonyl (C=O) groups is 1. The maximum atomic E-state index is 11.3. The fourth-order valence-corrected chi connectivity index (χ4v) is 3.07. The van der Waals surface area contributed by atoms with Crippen LogP contribution in [0.4, 0.5) is 0 Å². The van der Waals surface area contributed by atoms with E-state index in [0.717, 1.165) is 16.9 Å². The van der Waals surface area contributed by atoms with Gasteiger partial charge >= 0.3 is 5.97 Å². The highest BCUT2D eigenvalue weighted by Crippen LogP contribution is 2.29. The lowest BCUT2D eigenvalue weighted by Gasteiger charge is -2.16. The molecule has 0 radical (unpaired) electrons. The van der Waals surface area contributed by atoms with Gasteiger partial charge in [-0.1, -0.05) is 29.8 Å². The number of carboxylic acid groups (broad SMARTS) is 1. The van der Waals surface area contributed by atoms with Gasteiger partial charge in [0.15, 0.2) is 11.5 Å². The largest absolute Gasteiger partial charge is 0.493 e. The first-order chi connectivity index (χ1) is 13.0. The highest BCUT2D eigenvalue weighted by atomic mass is 35.5. The number of aliphatic carboxylic acids is 1. The standard InChI is InChI=1S/C20H24ClNO4S/c1-25-19-11-15(12-22-17(20(23)24)9-10-27-2)5-8-18(19)26-13-14-3-6-16(21)7-4-14/h3-8,11,17,22H,9-10,12-13H2,1-2H3,(H,23,24). The van der Waals surface area contributed by atoms with Gasteiger partial charge in [0.1, 0.15) is 12.6 Å². The lowest BCUT2D eigenvalue weighted by Crippen LogP contribution is -2.36. The zero-order valence-corrected chi connectivity index (χ0v) is 17.0. The number of hydrogen-bond acceptors (Lipinski definition) is 5. The number of halogens is 1. The minimum atomic E-state index is -0.834. The molecule has 0 saturated heterocycles. The van der Waals surface area contributed by atoms with E-state index in [2.05, 4.69) is 5.32 Å². The van der Waals surface area contributed by atoms with E-state index in [4.69, 9.17) is 21.1 Å². The van der Waals surface area contributed by atoms with Gasteiger partial charge in [-0.2, -0.15) is 11.8 Å². The van der Waals surface area contributed by atoms with Crippen LogP contribution in [0.1, 0.15) is 17.5 Å². The fraction of sp³-hybridized carbons (Fsp3) is 0.350. The molecule has 2 N–H and O–H groups in total. The molecular formula is C20H24ClNO4S. The Kier molecular flexibility index (Phi) is 8.78. The normalized spacial score (nSPS) is 11.8. The van der Waals surface area contributed by atoms with Gasteiger partial charge in [0.05, 0.1) is 7.11 Å². The molecule has 1 unspecified atom stereocenters. The minimum absolute atomic E-state index is 0.404. The molecule has 0 aliphatic carbocycles. The number of ether oxygens (including phenoxy) is 2. The molecule has 27 heavy (non-hydrogen) atoms. The Bertz CT molecular complexity index is 739. The Morgan fingerprint density at radius 3 is 2.52 bits per heavy atom. The predicted octanol–water partition coefficient (Wildman–Crippen LogP) is 4.22. The van der Waals surface area contributed by atoms with Gasteiger partial charge in [-0.15, -0.1) is 0 Å². The van der Waals surface area contributed by atoms with Crippen LogP contribution in [0.3, 0.4) is 0 Å². The zero-order chi connectivity index (χ0) is 19.6. The lowest BCUT2D eigenvalue weighted by atomic mass is 10.1. The van der Waals surface area contributed by atoms with Crippen molar-refractivity contribution in [3.63, 3.8) is 0 Å². The number of methoxy groups -OCH3 is 1. The number of carboxylic acids is 1. The Balaban J connectivity index is 1.97. The van der Waals surface area contributed by atoms with E-state index in [0.29, 0.717) is 36.1 Å². The third-order valence-electron chi connectivity index (χ3n) is 4.00. The third-order valence-corrected chi connectivity index (χ3v) is 4.89. The van der Waals surface area contributed by atoms with Gasteiger partial charge in [0, 0.05) is 11.6 Å². The van der Waals surface area contributed by atoms with Crippen LogP contribution < -0.4 is 14.8 Å². The Hall–Kier alpha value is -1.89. The maximum Gasteiger partial charge on any atom is 0.320 e. The molecule has 5 nitrogen and oxygen atoms in total. The molecule has 2 aromatic rings. The first-order valence-electron chi connectivity index (χ1n) is 8.52. The highest BCUT2D eigenvalue weighted by molar-refractivity contribution is 7.98. The van der Waals surface area contributed by atoms with Crippen LogP contribution in [0.2, 0.25) is 5.02 Å². The third kappa shape index (κ3) is 6.97. The quantitative estimate of drug-likeness (QED) is 0.579. The minimum Gasteiger partial charge on any atom is -0.493 e. The van der Waals surface area contributed by atoms with Crippen molar-refractivity contribution in [1.82, 2.24) is 5.32 Å². The molecule has 146 valence electrons. The maximum absolute atomic E-state index is 11.3. The van der Waals surface area contributed by atoms with Crippen LogP contribution in [0.5, 0.6) is 11.5 Å². The van der Waals surface area contributed by atoms with Crippen molar-refractivity contribution in [1.29, 1.82) is 0 Å². The van der Waals surface area contributed by atoms with Crippen molar-refractivity contribution in [2.45, 2.75) is 25.6 Å². The van der Waals surface area contributed by atoms with Gasteiger partial charge in [-0.25, -0.2) is 0 Å². The topological polar surface area (TPSA) is 67.8 Å². The van der Waals surface area contributed by atoms with Gasteiger partial charge in [0.25, 0.3) is 0 Å². The van der Waals surface area contributed by atoms with Crippen molar-refractivity contribution in [2.75, 3.05) is 19.1 Å². The lowest BCUT2D eigenvalue weighted by molar-refractivity contribution is -0.139. The first-order valence-corrected chi connectivity index (χ1v) is 10.3. The van der Waals surface area contributed by atoms with E-state index in [-0.39, 0.29) is 0 Å². The summed E-state index contributed by atoms with van der Waals surface area (Å²) in [4.78, 5) is 11.3. The molecule has 0 aliphatic heterocycles. The summed E-state index contributed by atoms with van der Waals surface area (Å²) in [6.07, 6.45) is 2.54. The first kappa shape index (κ1) is 21.4. The number of nitrogens with one attached hydrogen (secondary N) is 1. The molecule has 0 amide bonds. The van der Waals surface area contributed by atoms with Crippen LogP contribution >= 0.6 is 23.4 Å². The van der Waals surface area contributed by atoms with Gasteiger partial charge in [-0.3, -0.25) is 4.79 Å². The van der Waals surface area contributed by atoms with E-state index >= 15 is 0 Å². The van der Waals surface area contributed by atoms with Crippen molar-refractivity contribution >= 4 is 29.3 Å². The molecular weight excluding hydrogens is 386 g/mol. The van der Waals surface area contributed by atoms with Crippen molar-refractivity contribution in [3.05, 3.63) is 58.6 Å². The Labute approximate surface area is 169 Å². The summed E-state index contributed by atoms with van der Waals surface area (Å²) < 4.78 is 11.3. The van der Waals surface area contributed by atoms with E-state index in [9.17, 15) is 9.90 Å². The predicted molar refractivity (Wildman–Crippen MR) is 110 cm³/mol. The van der Waals surface area contributed by atoms with Crippen LogP contribution in [0.15, 0.2) is 42.5 Å². The fourth-order valence-electron chi connectivity index (χ4n) is 2.47. The molecule has 7 heteroatoms. The van der Waals surface area contributed by atoms with E-state index in [1.807, 2.05) is 48.7 Å². The summed E-state index contributed by atoms with van der Waals surface area (Å²) in [7, 11) is 1.58. The molecule has 0 aliphatic rings. The second kappa shape index (κ2) is 11.1. The summed E-state index contributed by atoms with van der Waals surface area (Å²) in [5.41, 5.74) is 1.94. The van der Waals surface area contributed by atoms with Gasteiger partial charge < -0.3 is 19.9 Å². The Morgan fingerprint density at radius 2 is 1.89 bits per heavy atom. The number of benzene rings is 2. The van der Waals surface area contributed by atoms with E-state index in [1.54, 1.807) is 18.9 Å². The summed E-state index contributed by atoms with van der Waals surface area (Å²) in [6, 6.07) is 12.5. The van der Waals surface area contributed by atoms with Crippen molar-refractivity contribution in [2.24, 2.45) is 0 Å². The molecule has 0 bridgehead atoms. The molecule has 0 saturated carbocycles. The molecule has 0 fully saturated rings. The van der Waals surface area contributed by atoms with Crippen molar-refractivity contribution in [3.8, 4) is 11.5 Å².